The number of hydrogen-bond acceptors (Lipinski definition) is 3. The smallest absolute Gasteiger partial charge is 0.0191 e. The Balaban J connectivity index is 1.60. The van der Waals surface area contributed by atoms with Gasteiger partial charge in [-0.1, -0.05) is 19.8 Å². The molecule has 2 saturated carbocycles. The number of thioether (sulfide) groups is 1. The number of nitrogens with one attached hydrogen (secondary N) is 1. The van der Waals surface area contributed by atoms with Gasteiger partial charge in [0.1, 0.15) is 0 Å². The average molecular weight is 297 g/mol. The van der Waals surface area contributed by atoms with Gasteiger partial charge in [-0.2, -0.15) is 11.8 Å². The zero-order valence-corrected chi connectivity index (χ0v) is 14.2. The maximum atomic E-state index is 3.85. The Labute approximate surface area is 129 Å². The van der Waals surface area contributed by atoms with E-state index < -0.39 is 0 Å². The largest absolute Gasteiger partial charge is 0.313 e. The molecule has 2 nitrogen and oxygen atoms in total. The van der Waals surface area contributed by atoms with Crippen LogP contribution in [-0.4, -0.2) is 48.6 Å². The van der Waals surface area contributed by atoms with E-state index in [1.165, 1.54) is 69.5 Å². The van der Waals surface area contributed by atoms with Gasteiger partial charge < -0.3 is 10.2 Å². The van der Waals surface area contributed by atoms with Crippen LogP contribution < -0.4 is 5.32 Å². The number of hydrogen-bond donors (Lipinski definition) is 1. The fourth-order valence-electron chi connectivity index (χ4n) is 4.31. The molecule has 3 fully saturated rings. The van der Waals surface area contributed by atoms with E-state index in [1.54, 1.807) is 0 Å². The molecule has 0 aromatic carbocycles. The van der Waals surface area contributed by atoms with Crippen LogP contribution in [0.25, 0.3) is 0 Å². The summed E-state index contributed by atoms with van der Waals surface area (Å²) in [5.41, 5.74) is 0.558. The highest BCUT2D eigenvalue weighted by Gasteiger charge is 2.38. The molecule has 0 amide bonds. The summed E-state index contributed by atoms with van der Waals surface area (Å²) in [7, 11) is 2.38. The second kappa shape index (κ2) is 6.58. The summed E-state index contributed by atoms with van der Waals surface area (Å²) in [6.45, 7) is 5.06. The lowest BCUT2D eigenvalue weighted by Gasteiger charge is -2.44. The van der Waals surface area contributed by atoms with Gasteiger partial charge in [-0.05, 0) is 56.2 Å². The van der Waals surface area contributed by atoms with E-state index in [2.05, 4.69) is 35.9 Å². The fourth-order valence-corrected chi connectivity index (χ4v) is 5.60. The molecule has 116 valence electrons. The monoisotopic (exact) mass is 296 g/mol. The van der Waals surface area contributed by atoms with Crippen LogP contribution in [0.5, 0.6) is 0 Å². The van der Waals surface area contributed by atoms with Crippen molar-refractivity contribution in [1.82, 2.24) is 10.2 Å². The van der Waals surface area contributed by atoms with Crippen LogP contribution in [0.4, 0.5) is 0 Å². The zero-order valence-electron chi connectivity index (χ0n) is 13.4. The Morgan fingerprint density at radius 3 is 2.75 bits per heavy atom. The molecule has 3 aliphatic rings. The molecule has 0 bridgehead atoms. The van der Waals surface area contributed by atoms with Crippen LogP contribution in [-0.2, 0) is 0 Å². The predicted octanol–water partition coefficient (Wildman–Crippen LogP) is 3.37. The topological polar surface area (TPSA) is 15.3 Å². The van der Waals surface area contributed by atoms with Crippen LogP contribution in [0.2, 0.25) is 0 Å². The van der Waals surface area contributed by atoms with E-state index in [4.69, 9.17) is 0 Å². The lowest BCUT2D eigenvalue weighted by atomic mass is 9.69. The lowest BCUT2D eigenvalue weighted by Crippen LogP contribution is -2.48. The summed E-state index contributed by atoms with van der Waals surface area (Å²) in [5, 5.41) is 3.85. The quantitative estimate of drug-likeness (QED) is 0.809. The number of nitrogens with zero attached hydrogens (tertiary/aromatic N) is 1. The Morgan fingerprint density at radius 2 is 2.10 bits per heavy atom. The molecule has 3 rings (SSSR count). The van der Waals surface area contributed by atoms with Crippen LogP contribution in [0, 0.1) is 11.3 Å². The van der Waals surface area contributed by atoms with E-state index in [0.29, 0.717) is 5.41 Å². The molecule has 0 aromatic rings. The SMILES string of the molecule is CC1CCCC(CNC2CC2)(CN(C)C2CCSC2)C1. The number of rotatable bonds is 6. The first-order chi connectivity index (χ1) is 9.67. The summed E-state index contributed by atoms with van der Waals surface area (Å²) in [6, 6.07) is 1.70. The molecule has 1 aliphatic heterocycles. The molecule has 1 heterocycles. The first-order valence-electron chi connectivity index (χ1n) is 8.68. The molecular formula is C17H32N2S. The van der Waals surface area contributed by atoms with Gasteiger partial charge in [-0.3, -0.25) is 0 Å². The van der Waals surface area contributed by atoms with Gasteiger partial charge in [-0.25, -0.2) is 0 Å². The normalized spacial score (nSPS) is 38.5. The van der Waals surface area contributed by atoms with Crippen LogP contribution >= 0.6 is 11.8 Å². The Morgan fingerprint density at radius 1 is 1.25 bits per heavy atom. The van der Waals surface area contributed by atoms with Gasteiger partial charge in [0.05, 0.1) is 0 Å². The molecule has 1 saturated heterocycles. The van der Waals surface area contributed by atoms with Crippen molar-refractivity contribution >= 4 is 11.8 Å². The minimum atomic E-state index is 0.558. The Bertz CT molecular complexity index is 312. The molecule has 0 radical (unpaired) electrons. The van der Waals surface area contributed by atoms with E-state index in [1.807, 2.05) is 0 Å². The van der Waals surface area contributed by atoms with Crippen molar-refractivity contribution in [3.05, 3.63) is 0 Å². The second-order valence-electron chi connectivity index (χ2n) is 7.79. The van der Waals surface area contributed by atoms with Crippen molar-refractivity contribution in [3.8, 4) is 0 Å². The van der Waals surface area contributed by atoms with Crippen molar-refractivity contribution in [2.24, 2.45) is 11.3 Å². The summed E-state index contributed by atoms with van der Waals surface area (Å²) >= 11 is 2.14. The van der Waals surface area contributed by atoms with Gasteiger partial charge in [0.2, 0.25) is 0 Å². The molecule has 3 heteroatoms. The van der Waals surface area contributed by atoms with Gasteiger partial charge in [0, 0.05) is 30.9 Å². The van der Waals surface area contributed by atoms with E-state index >= 15 is 0 Å². The zero-order chi connectivity index (χ0) is 14.0. The van der Waals surface area contributed by atoms with Crippen molar-refractivity contribution < 1.29 is 0 Å². The second-order valence-corrected chi connectivity index (χ2v) is 8.94. The Hall–Kier alpha value is 0.270. The highest BCUT2D eigenvalue weighted by molar-refractivity contribution is 7.99. The van der Waals surface area contributed by atoms with Crippen molar-refractivity contribution in [2.75, 3.05) is 31.6 Å². The highest BCUT2D eigenvalue weighted by atomic mass is 32.2. The Kier molecular flexibility index (Phi) is 4.99. The van der Waals surface area contributed by atoms with Crippen molar-refractivity contribution in [1.29, 1.82) is 0 Å². The summed E-state index contributed by atoms with van der Waals surface area (Å²) in [6.07, 6.45) is 10.0. The maximum Gasteiger partial charge on any atom is 0.0191 e. The minimum absolute atomic E-state index is 0.558. The molecule has 3 atom stereocenters. The third-order valence-corrected chi connectivity index (χ3v) is 6.79. The van der Waals surface area contributed by atoms with Gasteiger partial charge >= 0.3 is 0 Å². The van der Waals surface area contributed by atoms with E-state index in [0.717, 1.165) is 18.0 Å². The molecule has 2 aliphatic carbocycles. The predicted molar refractivity (Wildman–Crippen MR) is 89.4 cm³/mol. The molecule has 0 aromatic heterocycles. The first-order valence-corrected chi connectivity index (χ1v) is 9.84. The highest BCUT2D eigenvalue weighted by Crippen LogP contribution is 2.41. The summed E-state index contributed by atoms with van der Waals surface area (Å²) in [5.74, 6) is 3.66. The molecule has 3 unspecified atom stereocenters. The van der Waals surface area contributed by atoms with E-state index in [-0.39, 0.29) is 0 Å². The van der Waals surface area contributed by atoms with Crippen LogP contribution in [0.1, 0.15) is 51.9 Å². The third-order valence-electron chi connectivity index (χ3n) is 5.64. The van der Waals surface area contributed by atoms with Gasteiger partial charge in [0.25, 0.3) is 0 Å². The fraction of sp³-hybridized carbons (Fsp3) is 1.00. The van der Waals surface area contributed by atoms with Crippen molar-refractivity contribution in [3.63, 3.8) is 0 Å². The summed E-state index contributed by atoms with van der Waals surface area (Å²) in [4.78, 5) is 2.70. The lowest BCUT2D eigenvalue weighted by molar-refractivity contribution is 0.0769. The molecular weight excluding hydrogens is 264 g/mol. The first kappa shape index (κ1) is 15.2. The molecule has 20 heavy (non-hydrogen) atoms. The molecule has 0 spiro atoms. The molecule has 1 N–H and O–H groups in total. The van der Waals surface area contributed by atoms with E-state index in [9.17, 15) is 0 Å². The van der Waals surface area contributed by atoms with Crippen LogP contribution in [0.3, 0.4) is 0 Å². The minimum Gasteiger partial charge on any atom is -0.313 e. The van der Waals surface area contributed by atoms with Crippen LogP contribution in [0.15, 0.2) is 0 Å². The van der Waals surface area contributed by atoms with Gasteiger partial charge in [-0.15, -0.1) is 0 Å². The average Bonchev–Trinajstić information content (AvgIpc) is 3.08. The maximum absolute atomic E-state index is 3.85. The summed E-state index contributed by atoms with van der Waals surface area (Å²) < 4.78 is 0. The standard InChI is InChI=1S/C17H32N2S/c1-14-4-3-8-17(10-14,12-18-15-5-6-15)13-19(2)16-7-9-20-11-16/h14-16,18H,3-13H2,1-2H3. The third kappa shape index (κ3) is 3.92. The van der Waals surface area contributed by atoms with Crippen molar-refractivity contribution in [2.45, 2.75) is 64.0 Å². The van der Waals surface area contributed by atoms with Gasteiger partial charge in [0.15, 0.2) is 0 Å².